The van der Waals surface area contributed by atoms with E-state index in [2.05, 4.69) is 0 Å². The first-order valence-electron chi connectivity index (χ1n) is 6.84. The molecule has 22 heavy (non-hydrogen) atoms. The molecule has 1 aromatic rings. The van der Waals surface area contributed by atoms with Gasteiger partial charge in [-0.05, 0) is 26.3 Å². The van der Waals surface area contributed by atoms with Crippen LogP contribution in [0.3, 0.4) is 0 Å². The number of hydrogen-bond donors (Lipinski definition) is 1. The van der Waals surface area contributed by atoms with Gasteiger partial charge in [0.1, 0.15) is 5.75 Å². The number of benzene rings is 1. The minimum Gasteiger partial charge on any atom is -0.490 e. The fraction of sp³-hybridized carbons (Fsp3) is 0.600. The number of hydrogen-bond acceptors (Lipinski definition) is 2. The number of aliphatic hydroxyl groups is 1. The molecule has 0 spiro atoms. The highest BCUT2D eigenvalue weighted by Crippen LogP contribution is 2.45. The van der Waals surface area contributed by atoms with Crippen LogP contribution in [0.1, 0.15) is 39.2 Å². The van der Waals surface area contributed by atoms with E-state index < -0.39 is 24.1 Å². The molecule has 1 aromatic carbocycles. The molecule has 0 amide bonds. The van der Waals surface area contributed by atoms with Gasteiger partial charge < -0.3 is 9.84 Å². The molecule has 0 aromatic heterocycles. The first-order valence-corrected chi connectivity index (χ1v) is 6.84. The SMILES string of the molecule is CCC(C)Oc1ccccc1C(C)(O)CC(F)(F)C(F)(F)F. The first-order chi connectivity index (χ1) is 9.90. The number of para-hydroxylation sites is 1. The molecule has 1 rings (SSSR count). The fourth-order valence-electron chi connectivity index (χ4n) is 1.94. The normalized spacial score (nSPS) is 17.0. The Morgan fingerprint density at radius 3 is 2.18 bits per heavy atom. The van der Waals surface area contributed by atoms with Gasteiger partial charge in [0.25, 0.3) is 0 Å². The molecule has 0 saturated carbocycles. The average molecular weight is 326 g/mol. The van der Waals surface area contributed by atoms with Crippen LogP contribution < -0.4 is 4.74 Å². The van der Waals surface area contributed by atoms with Gasteiger partial charge in [-0.25, -0.2) is 0 Å². The number of ether oxygens (including phenoxy) is 1. The molecular weight excluding hydrogens is 307 g/mol. The Morgan fingerprint density at radius 1 is 1.14 bits per heavy atom. The molecule has 0 aliphatic heterocycles. The summed E-state index contributed by atoms with van der Waals surface area (Å²) >= 11 is 0. The first kappa shape index (κ1) is 18.7. The lowest BCUT2D eigenvalue weighted by atomic mass is 9.88. The van der Waals surface area contributed by atoms with Crippen molar-refractivity contribution in [2.75, 3.05) is 0 Å². The third-order valence-corrected chi connectivity index (χ3v) is 3.35. The van der Waals surface area contributed by atoms with Crippen molar-refractivity contribution in [2.24, 2.45) is 0 Å². The molecule has 0 heterocycles. The Bertz CT molecular complexity index is 497. The summed E-state index contributed by atoms with van der Waals surface area (Å²) in [6, 6.07) is 5.71. The topological polar surface area (TPSA) is 29.5 Å². The van der Waals surface area contributed by atoms with Crippen molar-refractivity contribution < 1.29 is 31.8 Å². The monoisotopic (exact) mass is 326 g/mol. The van der Waals surface area contributed by atoms with Gasteiger partial charge >= 0.3 is 12.1 Å². The molecule has 1 N–H and O–H groups in total. The zero-order valence-electron chi connectivity index (χ0n) is 12.5. The van der Waals surface area contributed by atoms with Gasteiger partial charge in [0.05, 0.1) is 18.1 Å². The second kappa shape index (κ2) is 6.40. The van der Waals surface area contributed by atoms with Crippen molar-refractivity contribution >= 4 is 0 Å². The molecule has 2 nitrogen and oxygen atoms in total. The van der Waals surface area contributed by atoms with E-state index in [-0.39, 0.29) is 17.4 Å². The summed E-state index contributed by atoms with van der Waals surface area (Å²) in [6.45, 7) is 4.49. The second-order valence-corrected chi connectivity index (χ2v) is 5.49. The van der Waals surface area contributed by atoms with Gasteiger partial charge in [0.15, 0.2) is 0 Å². The number of alkyl halides is 5. The smallest absolute Gasteiger partial charge is 0.453 e. The van der Waals surface area contributed by atoms with Gasteiger partial charge in [-0.3, -0.25) is 0 Å². The Labute approximate surface area is 125 Å². The summed E-state index contributed by atoms with van der Waals surface area (Å²) in [5.41, 5.74) is -2.48. The number of rotatable bonds is 6. The van der Waals surface area contributed by atoms with Crippen molar-refractivity contribution in [1.82, 2.24) is 0 Å². The van der Waals surface area contributed by atoms with Gasteiger partial charge in [-0.1, -0.05) is 25.1 Å². The van der Waals surface area contributed by atoms with E-state index in [4.69, 9.17) is 4.74 Å². The molecule has 0 aliphatic rings. The van der Waals surface area contributed by atoms with Crippen LogP contribution in [0.2, 0.25) is 0 Å². The molecule has 0 aliphatic carbocycles. The summed E-state index contributed by atoms with van der Waals surface area (Å²) in [5.74, 6) is -4.90. The minimum absolute atomic E-state index is 0.0971. The van der Waals surface area contributed by atoms with E-state index in [0.717, 1.165) is 6.92 Å². The largest absolute Gasteiger partial charge is 0.490 e. The highest BCUT2D eigenvalue weighted by Gasteiger charge is 2.60. The highest BCUT2D eigenvalue weighted by atomic mass is 19.4. The Morgan fingerprint density at radius 2 is 1.68 bits per heavy atom. The number of halogens is 5. The zero-order chi connectivity index (χ0) is 17.2. The van der Waals surface area contributed by atoms with Gasteiger partial charge in [0, 0.05) is 5.56 Å². The van der Waals surface area contributed by atoms with Gasteiger partial charge in [-0.15, -0.1) is 0 Å². The lowest BCUT2D eigenvalue weighted by Crippen LogP contribution is -2.42. The highest BCUT2D eigenvalue weighted by molar-refractivity contribution is 5.38. The summed E-state index contributed by atoms with van der Waals surface area (Å²) < 4.78 is 69.0. The predicted octanol–water partition coefficient (Wildman–Crippen LogP) is 4.66. The van der Waals surface area contributed by atoms with Crippen LogP contribution >= 0.6 is 0 Å². The molecule has 0 fully saturated rings. The third-order valence-electron chi connectivity index (χ3n) is 3.35. The summed E-state index contributed by atoms with van der Waals surface area (Å²) in [5, 5.41) is 10.2. The van der Waals surface area contributed by atoms with Crippen LogP contribution in [-0.2, 0) is 5.60 Å². The second-order valence-electron chi connectivity index (χ2n) is 5.49. The minimum atomic E-state index is -5.72. The van der Waals surface area contributed by atoms with E-state index in [0.29, 0.717) is 6.42 Å². The molecule has 2 unspecified atom stereocenters. The van der Waals surface area contributed by atoms with Crippen LogP contribution in [-0.4, -0.2) is 23.3 Å². The summed E-state index contributed by atoms with van der Waals surface area (Å²) in [6.07, 6.45) is -7.14. The lowest BCUT2D eigenvalue weighted by molar-refractivity contribution is -0.297. The Hall–Kier alpha value is -1.37. The lowest BCUT2D eigenvalue weighted by Gasteiger charge is -2.31. The van der Waals surface area contributed by atoms with E-state index >= 15 is 0 Å². The maximum Gasteiger partial charge on any atom is 0.453 e. The molecule has 0 saturated heterocycles. The van der Waals surface area contributed by atoms with Crippen LogP contribution in [0.25, 0.3) is 0 Å². The molecular formula is C15H19F5O2. The molecule has 2 atom stereocenters. The van der Waals surface area contributed by atoms with Crippen LogP contribution in [0, 0.1) is 0 Å². The van der Waals surface area contributed by atoms with Gasteiger partial charge in [-0.2, -0.15) is 22.0 Å². The van der Waals surface area contributed by atoms with Crippen molar-refractivity contribution in [3.05, 3.63) is 29.8 Å². The van der Waals surface area contributed by atoms with Crippen molar-refractivity contribution in [1.29, 1.82) is 0 Å². The van der Waals surface area contributed by atoms with E-state index in [1.54, 1.807) is 13.0 Å². The van der Waals surface area contributed by atoms with Crippen LogP contribution in [0.5, 0.6) is 5.75 Å². The third kappa shape index (κ3) is 4.32. The molecule has 0 radical (unpaired) electrons. The maximum absolute atomic E-state index is 13.2. The van der Waals surface area contributed by atoms with Crippen LogP contribution in [0.4, 0.5) is 22.0 Å². The van der Waals surface area contributed by atoms with E-state index in [1.165, 1.54) is 18.2 Å². The van der Waals surface area contributed by atoms with Gasteiger partial charge in [0.2, 0.25) is 0 Å². The maximum atomic E-state index is 13.2. The summed E-state index contributed by atoms with van der Waals surface area (Å²) in [4.78, 5) is 0. The van der Waals surface area contributed by atoms with E-state index in [9.17, 15) is 27.1 Å². The standard InChI is InChI=1S/C15H19F5O2/c1-4-10(2)22-12-8-6-5-7-11(12)13(3,21)9-14(16,17)15(18,19)20/h5-8,10,21H,4,9H2,1-3H3. The summed E-state index contributed by atoms with van der Waals surface area (Å²) in [7, 11) is 0. The average Bonchev–Trinajstić information content (AvgIpc) is 2.36. The predicted molar refractivity (Wildman–Crippen MR) is 72.0 cm³/mol. The molecule has 0 bridgehead atoms. The Kier molecular flexibility index (Phi) is 5.43. The quantitative estimate of drug-likeness (QED) is 0.771. The van der Waals surface area contributed by atoms with Crippen LogP contribution in [0.15, 0.2) is 24.3 Å². The zero-order valence-corrected chi connectivity index (χ0v) is 12.5. The fourth-order valence-corrected chi connectivity index (χ4v) is 1.94. The van der Waals surface area contributed by atoms with Crippen molar-refractivity contribution in [2.45, 2.75) is 57.4 Å². The van der Waals surface area contributed by atoms with Crippen molar-refractivity contribution in [3.63, 3.8) is 0 Å². The van der Waals surface area contributed by atoms with E-state index in [1.807, 2.05) is 6.92 Å². The molecule has 126 valence electrons. The Balaban J connectivity index is 3.13. The van der Waals surface area contributed by atoms with Crippen molar-refractivity contribution in [3.8, 4) is 5.75 Å². The molecule has 7 heteroatoms.